The summed E-state index contributed by atoms with van der Waals surface area (Å²) >= 11 is 0. The van der Waals surface area contributed by atoms with E-state index in [1.807, 2.05) is 15.7 Å². The highest BCUT2D eigenvalue weighted by molar-refractivity contribution is 5.99. The number of ether oxygens (including phenoxy) is 1. The Morgan fingerprint density at radius 1 is 1.20 bits per heavy atom. The van der Waals surface area contributed by atoms with Crippen molar-refractivity contribution in [1.29, 1.82) is 0 Å². The second-order valence-corrected chi connectivity index (χ2v) is 9.12. The summed E-state index contributed by atoms with van der Waals surface area (Å²) in [5.41, 5.74) is 8.74. The summed E-state index contributed by atoms with van der Waals surface area (Å²) < 4.78 is 6.64. The molecule has 1 saturated heterocycles. The van der Waals surface area contributed by atoms with E-state index in [-0.39, 0.29) is 11.9 Å². The van der Waals surface area contributed by atoms with Gasteiger partial charge >= 0.3 is 5.97 Å². The van der Waals surface area contributed by atoms with Gasteiger partial charge in [-0.05, 0) is 38.4 Å². The molecule has 0 bridgehead atoms. The van der Waals surface area contributed by atoms with Gasteiger partial charge in [0.25, 0.3) is 0 Å². The average molecular weight is 476 g/mol. The third kappa shape index (κ3) is 4.61. The van der Waals surface area contributed by atoms with Crippen LogP contribution in [-0.2, 0) is 9.53 Å². The zero-order chi connectivity index (χ0) is 24.5. The molecule has 5 rings (SSSR count). The maximum atomic E-state index is 12.8. The number of aromatic nitrogens is 4. The number of likely N-dealkylation sites (tertiary alicyclic amines) is 1. The number of likely N-dealkylation sites (N-methyl/N-ethyl adjacent to an activating group) is 1. The Labute approximate surface area is 203 Å². The molecule has 10 heteroatoms. The zero-order valence-corrected chi connectivity index (χ0v) is 19.9. The lowest BCUT2D eigenvalue weighted by Gasteiger charge is -2.16. The fourth-order valence-corrected chi connectivity index (χ4v) is 4.57. The number of rotatable bonds is 7. The summed E-state index contributed by atoms with van der Waals surface area (Å²) in [6.07, 6.45) is 8.31. The van der Waals surface area contributed by atoms with E-state index in [0.29, 0.717) is 47.2 Å². The van der Waals surface area contributed by atoms with Gasteiger partial charge in [0.1, 0.15) is 17.8 Å². The Morgan fingerprint density at radius 3 is 2.69 bits per heavy atom. The number of carbonyl (C=O) groups excluding carboxylic acids is 2. The Balaban J connectivity index is 1.37. The highest BCUT2D eigenvalue weighted by atomic mass is 16.5. The largest absolute Gasteiger partial charge is 0.465 e. The molecule has 2 fully saturated rings. The number of nitrogens with zero attached hydrogens (tertiary/aromatic N) is 6. The molecule has 1 aromatic carbocycles. The van der Waals surface area contributed by atoms with Crippen molar-refractivity contribution in [3.63, 3.8) is 0 Å². The van der Waals surface area contributed by atoms with Gasteiger partial charge in [-0.15, -0.1) is 0 Å². The SMILES string of the molecule is COC(=O)c1ccc(-c2nn([C@@H]3CCN(C(=O)C=CCN(C)C4CC4)C3)c3ncnc(N)c23)cc1. The minimum absolute atomic E-state index is 0.0147. The van der Waals surface area contributed by atoms with Crippen LogP contribution in [0, 0.1) is 0 Å². The van der Waals surface area contributed by atoms with Crippen molar-refractivity contribution < 1.29 is 14.3 Å². The molecule has 2 N–H and O–H groups in total. The van der Waals surface area contributed by atoms with Crippen molar-refractivity contribution in [3.05, 3.63) is 48.3 Å². The Bertz CT molecular complexity index is 1280. The molecule has 182 valence electrons. The van der Waals surface area contributed by atoms with Crippen LogP contribution in [0.3, 0.4) is 0 Å². The van der Waals surface area contributed by atoms with E-state index >= 15 is 0 Å². The molecule has 1 amide bonds. The second-order valence-electron chi connectivity index (χ2n) is 9.12. The maximum Gasteiger partial charge on any atom is 0.337 e. The van der Waals surface area contributed by atoms with Crippen LogP contribution < -0.4 is 5.73 Å². The van der Waals surface area contributed by atoms with Crippen molar-refractivity contribution in [2.45, 2.75) is 31.3 Å². The first-order chi connectivity index (χ1) is 17.0. The number of fused-ring (bicyclic) bond motifs is 1. The van der Waals surface area contributed by atoms with Crippen molar-refractivity contribution in [2.24, 2.45) is 0 Å². The quantitative estimate of drug-likeness (QED) is 0.408. The van der Waals surface area contributed by atoms with E-state index in [1.165, 1.54) is 26.3 Å². The fraction of sp³-hybridized carbons (Fsp3) is 0.400. The van der Waals surface area contributed by atoms with Gasteiger partial charge < -0.3 is 15.4 Å². The first kappa shape index (κ1) is 23.0. The monoisotopic (exact) mass is 475 g/mol. The van der Waals surface area contributed by atoms with E-state index in [0.717, 1.165) is 18.5 Å². The Kier molecular flexibility index (Phi) is 6.21. The lowest BCUT2D eigenvalue weighted by atomic mass is 10.1. The lowest BCUT2D eigenvalue weighted by molar-refractivity contribution is -0.125. The first-order valence-corrected chi connectivity index (χ1v) is 11.8. The summed E-state index contributed by atoms with van der Waals surface area (Å²) in [7, 11) is 3.44. The van der Waals surface area contributed by atoms with Gasteiger partial charge in [-0.3, -0.25) is 9.69 Å². The highest BCUT2D eigenvalue weighted by Crippen LogP contribution is 2.34. The summed E-state index contributed by atoms with van der Waals surface area (Å²) in [4.78, 5) is 37.3. The Hall–Kier alpha value is -3.79. The van der Waals surface area contributed by atoms with Gasteiger partial charge in [-0.1, -0.05) is 18.2 Å². The molecule has 0 unspecified atom stereocenters. The van der Waals surface area contributed by atoms with Crippen LogP contribution in [0.25, 0.3) is 22.3 Å². The molecular formula is C25H29N7O3. The van der Waals surface area contributed by atoms with Crippen LogP contribution in [0.5, 0.6) is 0 Å². The molecular weight excluding hydrogens is 446 g/mol. The highest BCUT2D eigenvalue weighted by Gasteiger charge is 2.30. The van der Waals surface area contributed by atoms with E-state index in [1.54, 1.807) is 30.3 Å². The van der Waals surface area contributed by atoms with Gasteiger partial charge in [0.15, 0.2) is 5.65 Å². The number of methoxy groups -OCH3 is 1. The minimum atomic E-state index is -0.404. The molecule has 2 aromatic heterocycles. The molecule has 10 nitrogen and oxygen atoms in total. The van der Waals surface area contributed by atoms with E-state index in [2.05, 4.69) is 21.9 Å². The minimum Gasteiger partial charge on any atom is -0.465 e. The van der Waals surface area contributed by atoms with Crippen molar-refractivity contribution in [1.82, 2.24) is 29.5 Å². The number of esters is 1. The second kappa shape index (κ2) is 9.46. The third-order valence-electron chi connectivity index (χ3n) is 6.74. The lowest BCUT2D eigenvalue weighted by Crippen LogP contribution is -2.28. The number of amides is 1. The molecule has 1 aliphatic carbocycles. The summed E-state index contributed by atoms with van der Waals surface area (Å²) in [6, 6.07) is 7.63. The summed E-state index contributed by atoms with van der Waals surface area (Å²) in [5, 5.41) is 5.52. The Morgan fingerprint density at radius 2 is 1.97 bits per heavy atom. The van der Waals surface area contributed by atoms with E-state index < -0.39 is 5.97 Å². The average Bonchev–Trinajstić information content (AvgIpc) is 3.48. The number of anilines is 1. The first-order valence-electron chi connectivity index (χ1n) is 11.8. The standard InChI is InChI=1S/C25H29N7O3/c1-30(18-9-10-18)12-3-4-20(33)31-13-11-19(14-31)32-24-21(23(26)27-15-28-24)22(29-32)16-5-7-17(8-6-16)25(34)35-2/h3-8,15,18-19H,9-14H2,1-2H3,(H2,26,27,28)/t19-/m1/s1. The number of nitrogen functional groups attached to an aromatic ring is 1. The fourth-order valence-electron chi connectivity index (χ4n) is 4.57. The predicted octanol–water partition coefficient (Wildman–Crippen LogP) is 2.29. The van der Waals surface area contributed by atoms with Crippen LogP contribution in [0.15, 0.2) is 42.7 Å². The molecule has 1 saturated carbocycles. The molecule has 1 aliphatic heterocycles. The number of carbonyl (C=O) groups is 2. The molecule has 0 radical (unpaired) electrons. The van der Waals surface area contributed by atoms with Crippen molar-refractivity contribution in [2.75, 3.05) is 39.5 Å². The van der Waals surface area contributed by atoms with Crippen LogP contribution in [0.4, 0.5) is 5.82 Å². The predicted molar refractivity (Wildman–Crippen MR) is 132 cm³/mol. The molecule has 3 heterocycles. The maximum absolute atomic E-state index is 12.8. The summed E-state index contributed by atoms with van der Waals surface area (Å²) in [5.74, 6) is -0.0541. The van der Waals surface area contributed by atoms with Crippen LogP contribution in [0.2, 0.25) is 0 Å². The number of hydrogen-bond acceptors (Lipinski definition) is 8. The van der Waals surface area contributed by atoms with Crippen molar-refractivity contribution >= 4 is 28.7 Å². The summed E-state index contributed by atoms with van der Waals surface area (Å²) in [6.45, 7) is 1.98. The normalized spacial score (nSPS) is 18.1. The zero-order valence-electron chi connectivity index (χ0n) is 19.9. The molecule has 0 spiro atoms. The number of benzene rings is 1. The van der Waals surface area contributed by atoms with Gasteiger partial charge in [-0.2, -0.15) is 5.10 Å². The van der Waals surface area contributed by atoms with Crippen LogP contribution in [0.1, 0.15) is 35.7 Å². The van der Waals surface area contributed by atoms with E-state index in [9.17, 15) is 9.59 Å². The molecule has 2 aliphatic rings. The molecule has 1 atom stereocenters. The third-order valence-corrected chi connectivity index (χ3v) is 6.74. The van der Waals surface area contributed by atoms with Gasteiger partial charge in [0.05, 0.1) is 24.1 Å². The van der Waals surface area contributed by atoms with Gasteiger partial charge in [0.2, 0.25) is 5.91 Å². The number of nitrogens with two attached hydrogens (primary N) is 1. The van der Waals surface area contributed by atoms with Crippen molar-refractivity contribution in [3.8, 4) is 11.3 Å². The van der Waals surface area contributed by atoms with Gasteiger partial charge in [-0.25, -0.2) is 19.4 Å². The molecule has 3 aromatic rings. The van der Waals surface area contributed by atoms with E-state index in [4.69, 9.17) is 15.6 Å². The van der Waals surface area contributed by atoms with Crippen LogP contribution in [-0.4, -0.2) is 81.3 Å². The topological polar surface area (TPSA) is 119 Å². The molecule has 35 heavy (non-hydrogen) atoms. The van der Waals surface area contributed by atoms with Crippen LogP contribution >= 0.6 is 0 Å². The smallest absolute Gasteiger partial charge is 0.337 e. The number of hydrogen-bond donors (Lipinski definition) is 1. The van der Waals surface area contributed by atoms with Gasteiger partial charge in [0, 0.05) is 37.3 Å².